The van der Waals surface area contributed by atoms with Gasteiger partial charge >= 0.3 is 5.69 Å². The molecule has 1 aliphatic rings. The van der Waals surface area contributed by atoms with E-state index in [-0.39, 0.29) is 24.2 Å². The van der Waals surface area contributed by atoms with Gasteiger partial charge in [-0.15, -0.1) is 0 Å². The molecule has 10 heteroatoms. The molecule has 0 radical (unpaired) electrons. The number of imidazole rings is 1. The lowest BCUT2D eigenvalue weighted by Gasteiger charge is -2.33. The zero-order valence-corrected chi connectivity index (χ0v) is 20.6. The maximum Gasteiger partial charge on any atom is 0.326 e. The van der Waals surface area contributed by atoms with Gasteiger partial charge in [0.1, 0.15) is 11.6 Å². The third kappa shape index (κ3) is 4.93. The van der Waals surface area contributed by atoms with Crippen molar-refractivity contribution < 1.29 is 9.53 Å². The van der Waals surface area contributed by atoms with Crippen LogP contribution in [0, 0.1) is 0 Å². The minimum atomic E-state index is -0.0864. The quantitative estimate of drug-likeness (QED) is 0.426. The monoisotopic (exact) mass is 492 g/mol. The minimum Gasteiger partial charge on any atom is -0.497 e. The maximum atomic E-state index is 13.0. The normalized spacial score (nSPS) is 14.4. The number of hydrogen-bond donors (Lipinski definition) is 1. The summed E-state index contributed by atoms with van der Waals surface area (Å²) in [6.07, 6.45) is 2.11. The number of likely N-dealkylation sites (tertiary alicyclic amines) is 1. The van der Waals surface area contributed by atoms with Crippen LogP contribution in [0.5, 0.6) is 5.75 Å². The van der Waals surface area contributed by atoms with Crippen LogP contribution in [0.25, 0.3) is 11.0 Å². The minimum absolute atomic E-state index is 0.0572. The first-order chi connectivity index (χ1) is 17.0. The number of methoxy groups -OCH3 is 1. The molecular formula is C25H28N6O3S. The van der Waals surface area contributed by atoms with Crippen LogP contribution in [0.1, 0.15) is 30.3 Å². The molecule has 0 aliphatic carbocycles. The molecule has 1 aliphatic heterocycles. The largest absolute Gasteiger partial charge is 0.497 e. The highest BCUT2D eigenvalue weighted by molar-refractivity contribution is 7.09. The van der Waals surface area contributed by atoms with E-state index in [1.54, 1.807) is 7.11 Å². The number of aromatic amines is 1. The molecule has 4 aromatic rings. The number of benzene rings is 2. The van der Waals surface area contributed by atoms with Gasteiger partial charge in [0.05, 0.1) is 24.7 Å². The second-order valence-electron chi connectivity index (χ2n) is 8.81. The van der Waals surface area contributed by atoms with Crippen molar-refractivity contribution in [3.8, 4) is 5.75 Å². The smallest absolute Gasteiger partial charge is 0.326 e. The molecule has 35 heavy (non-hydrogen) atoms. The summed E-state index contributed by atoms with van der Waals surface area (Å²) in [5.74, 6) is 1.59. The number of anilines is 1. The molecule has 5 rings (SSSR count). The van der Waals surface area contributed by atoms with Gasteiger partial charge in [0.25, 0.3) is 0 Å². The number of carbonyl (C=O) groups is 1. The predicted octanol–water partition coefficient (Wildman–Crippen LogP) is 3.08. The van der Waals surface area contributed by atoms with Crippen molar-refractivity contribution in [1.82, 2.24) is 23.8 Å². The van der Waals surface area contributed by atoms with Gasteiger partial charge in [0.2, 0.25) is 11.0 Å². The van der Waals surface area contributed by atoms with Gasteiger partial charge < -0.3 is 19.5 Å². The number of ether oxygens (including phenoxy) is 1. The third-order valence-corrected chi connectivity index (χ3v) is 7.33. The standard InChI is InChI=1S/C25H28N6O3S/c1-29(25-27-22(28-35-25)15-17-6-5-7-19(14-17)34-2)16-23(32)30-12-10-18(11-13-30)31-21-9-4-3-8-20(21)26-24(31)33/h3-9,14,18H,10-13,15-16H2,1-2H3,(H,26,33). The fourth-order valence-electron chi connectivity index (χ4n) is 4.62. The average molecular weight is 493 g/mol. The summed E-state index contributed by atoms with van der Waals surface area (Å²) in [4.78, 5) is 36.8. The first-order valence-electron chi connectivity index (χ1n) is 11.7. The van der Waals surface area contributed by atoms with Crippen LogP contribution in [0.3, 0.4) is 0 Å². The molecule has 3 heterocycles. The third-order valence-electron chi connectivity index (χ3n) is 6.46. The number of nitrogens with zero attached hydrogens (tertiary/aromatic N) is 5. The van der Waals surface area contributed by atoms with Gasteiger partial charge in [-0.25, -0.2) is 9.78 Å². The molecule has 9 nitrogen and oxygen atoms in total. The van der Waals surface area contributed by atoms with Crippen molar-refractivity contribution in [2.24, 2.45) is 0 Å². The Kier molecular flexibility index (Phi) is 6.54. The van der Waals surface area contributed by atoms with Crippen molar-refractivity contribution in [1.29, 1.82) is 0 Å². The summed E-state index contributed by atoms with van der Waals surface area (Å²) in [7, 11) is 3.51. The Hall–Kier alpha value is -3.66. The van der Waals surface area contributed by atoms with Gasteiger partial charge in [-0.2, -0.15) is 4.37 Å². The molecule has 2 aromatic carbocycles. The number of likely N-dealkylation sites (N-methyl/N-ethyl adjacent to an activating group) is 1. The lowest BCUT2D eigenvalue weighted by Crippen LogP contribution is -2.44. The molecular weight excluding hydrogens is 464 g/mol. The Morgan fingerprint density at radius 2 is 2.00 bits per heavy atom. The van der Waals surface area contributed by atoms with Crippen LogP contribution < -0.4 is 15.3 Å². The van der Waals surface area contributed by atoms with E-state index in [2.05, 4.69) is 14.3 Å². The number of para-hydroxylation sites is 2. The van der Waals surface area contributed by atoms with E-state index in [1.807, 2.05) is 69.9 Å². The van der Waals surface area contributed by atoms with E-state index < -0.39 is 0 Å². The second kappa shape index (κ2) is 9.91. The Labute approximate surface area is 207 Å². The van der Waals surface area contributed by atoms with Gasteiger partial charge in [0.15, 0.2) is 0 Å². The Balaban J connectivity index is 1.17. The number of fused-ring (bicyclic) bond motifs is 1. The lowest BCUT2D eigenvalue weighted by atomic mass is 10.0. The summed E-state index contributed by atoms with van der Waals surface area (Å²) >= 11 is 1.30. The maximum absolute atomic E-state index is 13.0. The van der Waals surface area contributed by atoms with Gasteiger partial charge in [-0.1, -0.05) is 24.3 Å². The first kappa shape index (κ1) is 23.1. The van der Waals surface area contributed by atoms with Gasteiger partial charge in [-0.3, -0.25) is 9.36 Å². The van der Waals surface area contributed by atoms with E-state index in [4.69, 9.17) is 4.74 Å². The topological polar surface area (TPSA) is 96.4 Å². The van der Waals surface area contributed by atoms with Crippen LogP contribution in [0.2, 0.25) is 0 Å². The number of rotatable bonds is 7. The highest BCUT2D eigenvalue weighted by atomic mass is 32.1. The molecule has 0 saturated carbocycles. The van der Waals surface area contributed by atoms with Crippen LogP contribution in [-0.4, -0.2) is 63.5 Å². The molecule has 0 atom stereocenters. The van der Waals surface area contributed by atoms with Crippen molar-refractivity contribution in [3.05, 3.63) is 70.4 Å². The Morgan fingerprint density at radius 3 is 2.80 bits per heavy atom. The van der Waals surface area contributed by atoms with E-state index in [9.17, 15) is 9.59 Å². The number of carbonyl (C=O) groups excluding carboxylic acids is 1. The second-order valence-corrected chi connectivity index (χ2v) is 9.54. The number of H-pyrrole nitrogens is 1. The molecule has 0 bridgehead atoms. The summed E-state index contributed by atoms with van der Waals surface area (Å²) in [6, 6.07) is 15.7. The van der Waals surface area contributed by atoms with Crippen LogP contribution in [0.4, 0.5) is 5.13 Å². The summed E-state index contributed by atoms with van der Waals surface area (Å²) in [5.41, 5.74) is 2.75. The predicted molar refractivity (Wildman–Crippen MR) is 136 cm³/mol. The highest BCUT2D eigenvalue weighted by Crippen LogP contribution is 2.25. The molecule has 1 amide bonds. The van der Waals surface area contributed by atoms with Crippen molar-refractivity contribution >= 4 is 33.6 Å². The number of nitrogens with one attached hydrogen (secondary N) is 1. The summed E-state index contributed by atoms with van der Waals surface area (Å²) in [6.45, 7) is 1.49. The molecule has 2 aromatic heterocycles. The zero-order chi connectivity index (χ0) is 24.4. The molecule has 1 N–H and O–H groups in total. The zero-order valence-electron chi connectivity index (χ0n) is 19.8. The van der Waals surface area contributed by atoms with Crippen LogP contribution in [0.15, 0.2) is 53.3 Å². The summed E-state index contributed by atoms with van der Waals surface area (Å²) in [5, 5.41) is 0.719. The molecule has 0 spiro atoms. The lowest BCUT2D eigenvalue weighted by molar-refractivity contribution is -0.130. The van der Waals surface area contributed by atoms with E-state index in [0.29, 0.717) is 19.5 Å². The highest BCUT2D eigenvalue weighted by Gasteiger charge is 2.27. The van der Waals surface area contributed by atoms with Crippen LogP contribution in [-0.2, 0) is 11.2 Å². The SMILES string of the molecule is COc1cccc(Cc2nsc(N(C)CC(=O)N3CCC(n4c(=O)[nH]c5ccccc54)CC3)n2)c1. The van der Waals surface area contributed by atoms with Gasteiger partial charge in [0, 0.05) is 44.1 Å². The number of piperidine rings is 1. The molecule has 1 saturated heterocycles. The molecule has 0 unspecified atom stereocenters. The fourth-order valence-corrected chi connectivity index (χ4v) is 5.26. The Morgan fingerprint density at radius 1 is 1.20 bits per heavy atom. The Bertz CT molecular complexity index is 1390. The first-order valence-corrected chi connectivity index (χ1v) is 12.4. The van der Waals surface area contributed by atoms with Crippen LogP contribution >= 0.6 is 11.5 Å². The number of amides is 1. The summed E-state index contributed by atoms with van der Waals surface area (Å²) < 4.78 is 11.6. The van der Waals surface area contributed by atoms with Crippen molar-refractivity contribution in [2.75, 3.05) is 38.7 Å². The van der Waals surface area contributed by atoms with Crippen molar-refractivity contribution in [3.63, 3.8) is 0 Å². The average Bonchev–Trinajstić information content (AvgIpc) is 3.47. The van der Waals surface area contributed by atoms with E-state index >= 15 is 0 Å². The van der Waals surface area contributed by atoms with E-state index in [0.717, 1.165) is 46.1 Å². The van der Waals surface area contributed by atoms with E-state index in [1.165, 1.54) is 11.5 Å². The molecule has 1 fully saturated rings. The van der Waals surface area contributed by atoms with Crippen molar-refractivity contribution in [2.45, 2.75) is 25.3 Å². The molecule has 182 valence electrons. The number of hydrogen-bond acceptors (Lipinski definition) is 7. The van der Waals surface area contributed by atoms with Gasteiger partial charge in [-0.05, 0) is 42.7 Å². The fraction of sp³-hybridized carbons (Fsp3) is 0.360. The number of aromatic nitrogens is 4.